The first-order valence-electron chi connectivity index (χ1n) is 5.89. The summed E-state index contributed by atoms with van der Waals surface area (Å²) in [4.78, 5) is 13.7. The molecular weight excluding hydrogens is 234 g/mol. The zero-order valence-corrected chi connectivity index (χ0v) is 10.8. The van der Waals surface area contributed by atoms with Crippen molar-refractivity contribution >= 4 is 24.2 Å². The maximum Gasteiger partial charge on any atom is 0.265 e. The molecule has 2 rings (SSSR count). The van der Waals surface area contributed by atoms with E-state index in [0.717, 1.165) is 30.2 Å². The van der Waals surface area contributed by atoms with Crippen molar-refractivity contribution in [2.45, 2.75) is 13.3 Å². The summed E-state index contributed by atoms with van der Waals surface area (Å²) >= 11 is 4.33. The Hall–Kier alpha value is -1.16. The highest BCUT2D eigenvalue weighted by molar-refractivity contribution is 7.80. The molecule has 0 aliphatic carbocycles. The normalized spacial score (nSPS) is 16.4. The van der Waals surface area contributed by atoms with Crippen LogP contribution in [0.25, 0.3) is 0 Å². The van der Waals surface area contributed by atoms with Crippen LogP contribution in [-0.4, -0.2) is 24.8 Å². The summed E-state index contributed by atoms with van der Waals surface area (Å²) in [5.41, 5.74) is 0.879. The van der Waals surface area contributed by atoms with Gasteiger partial charge in [0.05, 0.1) is 5.69 Å². The van der Waals surface area contributed by atoms with E-state index in [0.29, 0.717) is 5.92 Å². The summed E-state index contributed by atoms with van der Waals surface area (Å²) in [6.45, 7) is 2.98. The molecule has 0 bridgehead atoms. The van der Waals surface area contributed by atoms with E-state index in [4.69, 9.17) is 4.74 Å². The van der Waals surface area contributed by atoms with Crippen LogP contribution in [0.5, 0.6) is 5.75 Å². The van der Waals surface area contributed by atoms with Crippen LogP contribution in [0, 0.1) is 5.92 Å². The second-order valence-electron chi connectivity index (χ2n) is 4.22. The summed E-state index contributed by atoms with van der Waals surface area (Å²) in [6, 6.07) is 7.67. The van der Waals surface area contributed by atoms with Gasteiger partial charge < -0.3 is 9.64 Å². The van der Waals surface area contributed by atoms with Crippen LogP contribution in [0.15, 0.2) is 24.3 Å². The molecule has 1 aliphatic heterocycles. The number of rotatable bonds is 4. The molecular formula is C13H17NO2S. The van der Waals surface area contributed by atoms with Crippen LogP contribution < -0.4 is 9.64 Å². The monoisotopic (exact) mass is 251 g/mol. The maximum atomic E-state index is 11.9. The molecule has 1 aromatic carbocycles. The molecule has 3 nitrogen and oxygen atoms in total. The van der Waals surface area contributed by atoms with E-state index in [2.05, 4.69) is 19.6 Å². The van der Waals surface area contributed by atoms with Crippen molar-refractivity contribution in [3.05, 3.63) is 24.3 Å². The van der Waals surface area contributed by atoms with E-state index in [1.807, 2.05) is 29.2 Å². The number of hydrogen-bond acceptors (Lipinski definition) is 3. The third-order valence-corrected chi connectivity index (χ3v) is 3.60. The molecule has 1 aromatic rings. The summed E-state index contributed by atoms with van der Waals surface area (Å²) in [6.07, 6.45) is 1.02. The molecule has 0 saturated heterocycles. The molecule has 1 unspecified atom stereocenters. The van der Waals surface area contributed by atoms with Gasteiger partial charge in [0, 0.05) is 6.54 Å². The third-order valence-electron chi connectivity index (χ3n) is 3.08. The molecule has 1 atom stereocenters. The molecule has 1 aliphatic rings. The number of anilines is 1. The van der Waals surface area contributed by atoms with Gasteiger partial charge in [-0.1, -0.05) is 25.5 Å². The predicted molar refractivity (Wildman–Crippen MR) is 71.9 cm³/mol. The Morgan fingerprint density at radius 1 is 1.47 bits per heavy atom. The van der Waals surface area contributed by atoms with Crippen LogP contribution in [0.4, 0.5) is 5.69 Å². The van der Waals surface area contributed by atoms with Gasteiger partial charge in [0.1, 0.15) is 5.75 Å². The predicted octanol–water partition coefficient (Wildman–Crippen LogP) is 2.37. The molecule has 1 heterocycles. The molecule has 0 spiro atoms. The van der Waals surface area contributed by atoms with Crippen molar-refractivity contribution in [3.8, 4) is 5.75 Å². The summed E-state index contributed by atoms with van der Waals surface area (Å²) in [5, 5.41) is 0. The van der Waals surface area contributed by atoms with Crippen molar-refractivity contribution in [2.75, 3.05) is 23.8 Å². The number of carbonyl (C=O) groups is 1. The fourth-order valence-corrected chi connectivity index (χ4v) is 2.30. The SMILES string of the molecule is CCC(CS)CN1C(=O)COc2ccccc21. The molecule has 0 fully saturated rings. The van der Waals surface area contributed by atoms with Crippen LogP contribution in [0.3, 0.4) is 0 Å². The Morgan fingerprint density at radius 2 is 2.24 bits per heavy atom. The Balaban J connectivity index is 2.23. The number of thiol groups is 1. The number of carbonyl (C=O) groups excluding carboxylic acids is 1. The summed E-state index contributed by atoms with van der Waals surface area (Å²) in [7, 11) is 0. The second-order valence-corrected chi connectivity index (χ2v) is 4.58. The molecule has 0 radical (unpaired) electrons. The summed E-state index contributed by atoms with van der Waals surface area (Å²) < 4.78 is 5.40. The molecule has 4 heteroatoms. The first-order chi connectivity index (χ1) is 8.26. The number of benzene rings is 1. The maximum absolute atomic E-state index is 11.9. The number of fused-ring (bicyclic) bond motifs is 1. The van der Waals surface area contributed by atoms with Gasteiger partial charge >= 0.3 is 0 Å². The van der Waals surface area contributed by atoms with Crippen LogP contribution in [0.2, 0.25) is 0 Å². The number of hydrogen-bond donors (Lipinski definition) is 1. The first-order valence-corrected chi connectivity index (χ1v) is 6.52. The Labute approximate surface area is 107 Å². The lowest BCUT2D eigenvalue weighted by Gasteiger charge is -2.31. The van der Waals surface area contributed by atoms with Crippen LogP contribution in [0.1, 0.15) is 13.3 Å². The molecule has 0 N–H and O–H groups in total. The standard InChI is InChI=1S/C13H17NO2S/c1-2-10(9-17)7-14-11-5-3-4-6-12(11)16-8-13(14)15/h3-6,10,17H,2,7-9H2,1H3. The van der Waals surface area contributed by atoms with Crippen molar-refractivity contribution in [3.63, 3.8) is 0 Å². The average molecular weight is 251 g/mol. The Kier molecular flexibility index (Phi) is 3.94. The van der Waals surface area contributed by atoms with E-state index < -0.39 is 0 Å². The van der Waals surface area contributed by atoms with Crippen molar-refractivity contribution in [1.82, 2.24) is 0 Å². The van der Waals surface area contributed by atoms with E-state index in [-0.39, 0.29) is 12.5 Å². The lowest BCUT2D eigenvalue weighted by atomic mass is 10.1. The number of nitrogens with zero attached hydrogens (tertiary/aromatic N) is 1. The van der Waals surface area contributed by atoms with E-state index in [9.17, 15) is 4.79 Å². The number of para-hydroxylation sites is 2. The quantitative estimate of drug-likeness (QED) is 0.833. The van der Waals surface area contributed by atoms with Gasteiger partial charge in [0.15, 0.2) is 6.61 Å². The highest BCUT2D eigenvalue weighted by Crippen LogP contribution is 2.32. The summed E-state index contributed by atoms with van der Waals surface area (Å²) in [5.74, 6) is 2.04. The van der Waals surface area contributed by atoms with Gasteiger partial charge in [-0.05, 0) is 23.8 Å². The average Bonchev–Trinajstić information content (AvgIpc) is 2.38. The van der Waals surface area contributed by atoms with E-state index in [1.165, 1.54) is 0 Å². The fourth-order valence-electron chi connectivity index (χ4n) is 1.93. The van der Waals surface area contributed by atoms with E-state index in [1.54, 1.807) is 0 Å². The minimum absolute atomic E-state index is 0.0314. The topological polar surface area (TPSA) is 29.5 Å². The lowest BCUT2D eigenvalue weighted by molar-refractivity contribution is -0.121. The van der Waals surface area contributed by atoms with Gasteiger partial charge in [0.25, 0.3) is 5.91 Å². The van der Waals surface area contributed by atoms with Crippen molar-refractivity contribution < 1.29 is 9.53 Å². The zero-order chi connectivity index (χ0) is 12.3. The molecule has 1 amide bonds. The third kappa shape index (κ3) is 2.57. The zero-order valence-electron chi connectivity index (χ0n) is 9.93. The largest absolute Gasteiger partial charge is 0.482 e. The second kappa shape index (κ2) is 5.45. The van der Waals surface area contributed by atoms with Crippen molar-refractivity contribution in [1.29, 1.82) is 0 Å². The molecule has 92 valence electrons. The van der Waals surface area contributed by atoms with Gasteiger partial charge in [-0.15, -0.1) is 0 Å². The Bertz CT molecular complexity index is 404. The fraction of sp³-hybridized carbons (Fsp3) is 0.462. The van der Waals surface area contributed by atoms with Gasteiger partial charge in [0.2, 0.25) is 0 Å². The first kappa shape index (κ1) is 12.3. The van der Waals surface area contributed by atoms with Gasteiger partial charge in [-0.25, -0.2) is 0 Å². The Morgan fingerprint density at radius 3 is 2.94 bits per heavy atom. The van der Waals surface area contributed by atoms with Crippen molar-refractivity contribution in [2.24, 2.45) is 5.92 Å². The van der Waals surface area contributed by atoms with Gasteiger partial charge in [-0.2, -0.15) is 12.6 Å². The molecule has 0 aromatic heterocycles. The minimum Gasteiger partial charge on any atom is -0.482 e. The lowest BCUT2D eigenvalue weighted by Crippen LogP contribution is -2.42. The molecule has 0 saturated carbocycles. The van der Waals surface area contributed by atoms with Gasteiger partial charge in [-0.3, -0.25) is 4.79 Å². The highest BCUT2D eigenvalue weighted by Gasteiger charge is 2.26. The van der Waals surface area contributed by atoms with E-state index >= 15 is 0 Å². The molecule has 17 heavy (non-hydrogen) atoms. The van der Waals surface area contributed by atoms with Crippen LogP contribution >= 0.6 is 12.6 Å². The number of amides is 1. The smallest absolute Gasteiger partial charge is 0.265 e. The highest BCUT2D eigenvalue weighted by atomic mass is 32.1. The number of ether oxygens (including phenoxy) is 1. The van der Waals surface area contributed by atoms with Crippen LogP contribution in [-0.2, 0) is 4.79 Å². The minimum atomic E-state index is 0.0314.